The van der Waals surface area contributed by atoms with Gasteiger partial charge < -0.3 is 5.32 Å². The van der Waals surface area contributed by atoms with E-state index in [0.717, 1.165) is 4.88 Å². The SMILES string of the molecule is CNS(=O)(=O)c1ccccc1NCc1cc(C#N)cs1. The number of sulfonamides is 1. The van der Waals surface area contributed by atoms with Crippen LogP contribution < -0.4 is 10.0 Å². The van der Waals surface area contributed by atoms with E-state index in [1.807, 2.05) is 0 Å². The molecule has 2 aromatic rings. The summed E-state index contributed by atoms with van der Waals surface area (Å²) < 4.78 is 26.1. The molecule has 0 saturated carbocycles. The van der Waals surface area contributed by atoms with E-state index in [0.29, 0.717) is 17.8 Å². The third kappa shape index (κ3) is 3.17. The van der Waals surface area contributed by atoms with Gasteiger partial charge in [0.25, 0.3) is 0 Å². The van der Waals surface area contributed by atoms with E-state index >= 15 is 0 Å². The van der Waals surface area contributed by atoms with Crippen LogP contribution in [0.15, 0.2) is 40.6 Å². The van der Waals surface area contributed by atoms with Crippen LogP contribution in [0.25, 0.3) is 0 Å². The molecule has 0 aliphatic carbocycles. The molecule has 0 atom stereocenters. The van der Waals surface area contributed by atoms with E-state index in [4.69, 9.17) is 5.26 Å². The molecular weight excluding hydrogens is 294 g/mol. The Morgan fingerprint density at radius 2 is 2.10 bits per heavy atom. The highest BCUT2D eigenvalue weighted by Crippen LogP contribution is 2.22. The van der Waals surface area contributed by atoms with E-state index in [-0.39, 0.29) is 4.90 Å². The van der Waals surface area contributed by atoms with E-state index < -0.39 is 10.0 Å². The second-order valence-electron chi connectivity index (χ2n) is 3.97. The summed E-state index contributed by atoms with van der Waals surface area (Å²) in [6, 6.07) is 10.6. The molecule has 0 amide bonds. The summed E-state index contributed by atoms with van der Waals surface area (Å²) in [6.07, 6.45) is 0. The van der Waals surface area contributed by atoms with E-state index in [9.17, 15) is 8.42 Å². The minimum absolute atomic E-state index is 0.208. The van der Waals surface area contributed by atoms with Crippen molar-refractivity contribution in [2.75, 3.05) is 12.4 Å². The van der Waals surface area contributed by atoms with E-state index in [1.165, 1.54) is 18.4 Å². The summed E-state index contributed by atoms with van der Waals surface area (Å²) in [5.41, 5.74) is 1.15. The Hall–Kier alpha value is -1.88. The number of nitrogens with zero attached hydrogens (tertiary/aromatic N) is 1. The fourth-order valence-electron chi connectivity index (χ4n) is 1.67. The quantitative estimate of drug-likeness (QED) is 0.886. The number of anilines is 1. The van der Waals surface area contributed by atoms with Gasteiger partial charge in [0.15, 0.2) is 0 Å². The highest BCUT2D eigenvalue weighted by atomic mass is 32.2. The highest BCUT2D eigenvalue weighted by molar-refractivity contribution is 7.89. The summed E-state index contributed by atoms with van der Waals surface area (Å²) >= 11 is 1.46. The zero-order valence-corrected chi connectivity index (χ0v) is 12.4. The van der Waals surface area contributed by atoms with Crippen LogP contribution in [0.5, 0.6) is 0 Å². The number of nitriles is 1. The maximum atomic E-state index is 11.9. The van der Waals surface area contributed by atoms with Crippen LogP contribution in [0, 0.1) is 11.3 Å². The first-order chi connectivity index (χ1) is 9.56. The highest BCUT2D eigenvalue weighted by Gasteiger charge is 2.15. The Bertz CT molecular complexity index is 745. The van der Waals surface area contributed by atoms with Gasteiger partial charge in [-0.1, -0.05) is 12.1 Å². The van der Waals surface area contributed by atoms with Crippen molar-refractivity contribution < 1.29 is 8.42 Å². The van der Waals surface area contributed by atoms with Crippen LogP contribution in [-0.4, -0.2) is 15.5 Å². The molecule has 20 heavy (non-hydrogen) atoms. The Morgan fingerprint density at radius 1 is 1.35 bits per heavy atom. The fourth-order valence-corrected chi connectivity index (χ4v) is 3.33. The monoisotopic (exact) mass is 307 g/mol. The lowest BCUT2D eigenvalue weighted by Crippen LogP contribution is -2.20. The third-order valence-electron chi connectivity index (χ3n) is 2.68. The van der Waals surface area contributed by atoms with Gasteiger partial charge in [0.2, 0.25) is 10.0 Å². The molecule has 0 radical (unpaired) electrons. The first-order valence-electron chi connectivity index (χ1n) is 5.81. The van der Waals surface area contributed by atoms with Crippen molar-refractivity contribution in [3.05, 3.63) is 46.2 Å². The summed E-state index contributed by atoms with van der Waals surface area (Å²) in [5.74, 6) is 0. The Kier molecular flexibility index (Phi) is 4.39. The molecule has 0 aliphatic rings. The molecule has 0 spiro atoms. The molecule has 0 aliphatic heterocycles. The van der Waals surface area contributed by atoms with E-state index in [1.54, 1.807) is 35.7 Å². The average molecular weight is 307 g/mol. The first-order valence-corrected chi connectivity index (χ1v) is 8.17. The molecule has 104 valence electrons. The molecule has 1 aromatic heterocycles. The standard InChI is InChI=1S/C13H13N3O2S2/c1-15-20(17,18)13-5-3-2-4-12(13)16-8-11-6-10(7-14)9-19-11/h2-6,9,15-16H,8H2,1H3. The van der Waals surface area contributed by atoms with Crippen molar-refractivity contribution in [3.8, 4) is 6.07 Å². The predicted octanol–water partition coefficient (Wildman–Crippen LogP) is 2.14. The molecule has 1 aromatic carbocycles. The number of rotatable bonds is 5. The van der Waals surface area contributed by atoms with Crippen molar-refractivity contribution in [2.24, 2.45) is 0 Å². The van der Waals surface area contributed by atoms with Crippen molar-refractivity contribution in [1.82, 2.24) is 4.72 Å². The van der Waals surface area contributed by atoms with Gasteiger partial charge in [0.05, 0.1) is 11.3 Å². The topological polar surface area (TPSA) is 82.0 Å². The lowest BCUT2D eigenvalue weighted by molar-refractivity contribution is 0.588. The largest absolute Gasteiger partial charge is 0.379 e. The minimum Gasteiger partial charge on any atom is -0.379 e. The molecule has 0 bridgehead atoms. The molecular formula is C13H13N3O2S2. The number of benzene rings is 1. The maximum Gasteiger partial charge on any atom is 0.242 e. The van der Waals surface area contributed by atoms with Crippen LogP contribution in [0.4, 0.5) is 5.69 Å². The summed E-state index contributed by atoms with van der Waals surface area (Å²) in [7, 11) is -2.11. The third-order valence-corrected chi connectivity index (χ3v) is 5.09. The van der Waals surface area contributed by atoms with Crippen molar-refractivity contribution in [3.63, 3.8) is 0 Å². The van der Waals surface area contributed by atoms with Crippen LogP contribution >= 0.6 is 11.3 Å². The van der Waals surface area contributed by atoms with Crippen LogP contribution in [0.3, 0.4) is 0 Å². The molecule has 7 heteroatoms. The zero-order chi connectivity index (χ0) is 14.6. The molecule has 2 rings (SSSR count). The van der Waals surface area contributed by atoms with Crippen LogP contribution in [-0.2, 0) is 16.6 Å². The summed E-state index contributed by atoms with van der Waals surface area (Å²) in [6.45, 7) is 0.475. The minimum atomic E-state index is -3.49. The normalized spacial score (nSPS) is 11.0. The molecule has 0 unspecified atom stereocenters. The Morgan fingerprint density at radius 3 is 2.75 bits per heavy atom. The van der Waals surface area contributed by atoms with Crippen molar-refractivity contribution >= 4 is 27.0 Å². The Balaban J connectivity index is 2.20. The zero-order valence-electron chi connectivity index (χ0n) is 10.8. The van der Waals surface area contributed by atoms with E-state index in [2.05, 4.69) is 16.1 Å². The van der Waals surface area contributed by atoms with Gasteiger partial charge >= 0.3 is 0 Å². The molecule has 0 fully saturated rings. The molecule has 0 saturated heterocycles. The van der Waals surface area contributed by atoms with Gasteiger partial charge in [-0.15, -0.1) is 11.3 Å². The van der Waals surface area contributed by atoms with Gasteiger partial charge in [-0.05, 0) is 25.2 Å². The van der Waals surface area contributed by atoms with Gasteiger partial charge in [-0.3, -0.25) is 0 Å². The lowest BCUT2D eigenvalue weighted by atomic mass is 10.3. The fraction of sp³-hybridized carbons (Fsp3) is 0.154. The van der Waals surface area contributed by atoms with Crippen LogP contribution in [0.1, 0.15) is 10.4 Å². The summed E-state index contributed by atoms with van der Waals surface area (Å²) in [5, 5.41) is 13.6. The number of thiophene rings is 1. The lowest BCUT2D eigenvalue weighted by Gasteiger charge is -2.11. The molecule has 2 N–H and O–H groups in total. The first kappa shape index (κ1) is 14.5. The van der Waals surface area contributed by atoms with Gasteiger partial charge in [0, 0.05) is 16.8 Å². The maximum absolute atomic E-state index is 11.9. The van der Waals surface area contributed by atoms with Crippen LogP contribution in [0.2, 0.25) is 0 Å². The number of nitrogens with one attached hydrogen (secondary N) is 2. The number of para-hydroxylation sites is 1. The van der Waals surface area contributed by atoms with Crippen molar-refractivity contribution in [2.45, 2.75) is 11.4 Å². The summed E-state index contributed by atoms with van der Waals surface area (Å²) in [4.78, 5) is 1.18. The van der Waals surface area contributed by atoms with Gasteiger partial charge in [0.1, 0.15) is 11.0 Å². The Labute approximate surface area is 121 Å². The molecule has 1 heterocycles. The van der Waals surface area contributed by atoms with Gasteiger partial charge in [-0.25, -0.2) is 13.1 Å². The smallest absolute Gasteiger partial charge is 0.242 e. The van der Waals surface area contributed by atoms with Crippen molar-refractivity contribution in [1.29, 1.82) is 5.26 Å². The second kappa shape index (κ2) is 6.05. The number of hydrogen-bond acceptors (Lipinski definition) is 5. The predicted molar refractivity (Wildman–Crippen MR) is 79.0 cm³/mol. The molecule has 5 nitrogen and oxygen atoms in total. The van der Waals surface area contributed by atoms with Gasteiger partial charge in [-0.2, -0.15) is 5.26 Å². The number of hydrogen-bond donors (Lipinski definition) is 2. The second-order valence-corrected chi connectivity index (χ2v) is 6.82. The average Bonchev–Trinajstić information content (AvgIpc) is 2.93.